The molecule has 1 saturated carbocycles. The molecule has 6 nitrogen and oxygen atoms in total. The van der Waals surface area contributed by atoms with Gasteiger partial charge in [0.05, 0.1) is 11.3 Å². The molecule has 27 heavy (non-hydrogen) atoms. The van der Waals surface area contributed by atoms with Gasteiger partial charge in [-0.2, -0.15) is 0 Å². The molecule has 138 valence electrons. The molecule has 1 aliphatic carbocycles. The summed E-state index contributed by atoms with van der Waals surface area (Å²) >= 11 is 0. The van der Waals surface area contributed by atoms with Crippen LogP contribution in [0.3, 0.4) is 0 Å². The Morgan fingerprint density at radius 2 is 1.96 bits per heavy atom. The molecule has 6 heteroatoms. The molecule has 0 radical (unpaired) electrons. The van der Waals surface area contributed by atoms with E-state index in [-0.39, 0.29) is 10.6 Å². The van der Waals surface area contributed by atoms with E-state index in [1.54, 1.807) is 18.6 Å². The Morgan fingerprint density at radius 3 is 2.70 bits per heavy atom. The van der Waals surface area contributed by atoms with Crippen molar-refractivity contribution >= 4 is 17.1 Å². The second-order valence-corrected chi connectivity index (χ2v) is 7.01. The number of hydrogen-bond acceptors (Lipinski definition) is 4. The summed E-state index contributed by atoms with van der Waals surface area (Å²) in [6, 6.07) is 13.3. The normalized spacial score (nSPS) is 14.8. The first-order chi connectivity index (χ1) is 13.2. The van der Waals surface area contributed by atoms with Gasteiger partial charge < -0.3 is 9.88 Å². The second kappa shape index (κ2) is 7.61. The first-order valence-corrected chi connectivity index (χ1v) is 9.34. The number of benzene rings is 2. The highest BCUT2D eigenvalue weighted by Crippen LogP contribution is 2.37. The van der Waals surface area contributed by atoms with Crippen molar-refractivity contribution < 1.29 is 4.92 Å². The van der Waals surface area contributed by atoms with E-state index in [2.05, 4.69) is 10.3 Å². The largest absolute Gasteiger partial charge is 0.350 e. The van der Waals surface area contributed by atoms with E-state index < -0.39 is 0 Å². The van der Waals surface area contributed by atoms with Gasteiger partial charge in [0, 0.05) is 29.8 Å². The molecule has 0 atom stereocenters. The Balaban J connectivity index is 1.61. The van der Waals surface area contributed by atoms with Crippen LogP contribution in [0.1, 0.15) is 43.6 Å². The van der Waals surface area contributed by atoms with Crippen LogP contribution < -0.4 is 5.32 Å². The van der Waals surface area contributed by atoms with Crippen LogP contribution in [0.2, 0.25) is 0 Å². The van der Waals surface area contributed by atoms with Crippen molar-refractivity contribution in [3.05, 3.63) is 76.9 Å². The number of nitrogens with one attached hydrogen (secondary N) is 1. The van der Waals surface area contributed by atoms with Crippen molar-refractivity contribution in [2.75, 3.05) is 5.32 Å². The maximum absolute atomic E-state index is 11.7. The van der Waals surface area contributed by atoms with E-state index in [9.17, 15) is 10.1 Å². The van der Waals surface area contributed by atoms with Crippen LogP contribution in [0.4, 0.5) is 17.1 Å². The quantitative estimate of drug-likeness (QED) is 0.475. The highest BCUT2D eigenvalue weighted by molar-refractivity contribution is 5.71. The van der Waals surface area contributed by atoms with E-state index in [1.165, 1.54) is 19.3 Å². The average Bonchev–Trinajstić information content (AvgIpc) is 3.24. The lowest BCUT2D eigenvalue weighted by Gasteiger charge is -2.22. The fourth-order valence-electron chi connectivity index (χ4n) is 3.81. The van der Waals surface area contributed by atoms with Crippen LogP contribution in [0.5, 0.6) is 0 Å². The first-order valence-electron chi connectivity index (χ1n) is 9.34. The number of nitrogens with zero attached hydrogens (tertiary/aromatic N) is 3. The van der Waals surface area contributed by atoms with Gasteiger partial charge in [-0.25, -0.2) is 4.98 Å². The zero-order chi connectivity index (χ0) is 18.6. The number of anilines is 2. The molecule has 3 aromatic rings. The van der Waals surface area contributed by atoms with Crippen LogP contribution in [0.25, 0.3) is 5.69 Å². The summed E-state index contributed by atoms with van der Waals surface area (Å²) in [7, 11) is 0. The summed E-state index contributed by atoms with van der Waals surface area (Å²) in [4.78, 5) is 15.4. The van der Waals surface area contributed by atoms with Crippen molar-refractivity contribution in [1.29, 1.82) is 0 Å². The van der Waals surface area contributed by atoms with Crippen LogP contribution in [-0.4, -0.2) is 14.5 Å². The molecular formula is C21H22N4O2. The number of nitro groups is 1. The lowest BCUT2D eigenvalue weighted by Crippen LogP contribution is -2.06. The Bertz CT molecular complexity index is 931. The van der Waals surface area contributed by atoms with E-state index in [0.717, 1.165) is 29.8 Å². The van der Waals surface area contributed by atoms with E-state index in [4.69, 9.17) is 0 Å². The van der Waals surface area contributed by atoms with Crippen LogP contribution in [0.15, 0.2) is 61.2 Å². The zero-order valence-electron chi connectivity index (χ0n) is 15.0. The maximum atomic E-state index is 11.7. The molecule has 1 heterocycles. The molecular weight excluding hydrogens is 340 g/mol. The summed E-state index contributed by atoms with van der Waals surface area (Å²) in [5, 5.41) is 14.9. The smallest absolute Gasteiger partial charge is 0.292 e. The summed E-state index contributed by atoms with van der Waals surface area (Å²) in [5.74, 6) is 0.441. The monoisotopic (exact) mass is 362 g/mol. The summed E-state index contributed by atoms with van der Waals surface area (Å²) in [6.07, 6.45) is 11.2. The van der Waals surface area contributed by atoms with Crippen LogP contribution >= 0.6 is 0 Å². The molecule has 1 aliphatic rings. The van der Waals surface area contributed by atoms with E-state index in [1.807, 2.05) is 47.2 Å². The van der Waals surface area contributed by atoms with Crippen molar-refractivity contribution in [2.45, 2.75) is 38.0 Å². The molecule has 0 bridgehead atoms. The molecule has 0 unspecified atom stereocenters. The Morgan fingerprint density at radius 1 is 1.11 bits per heavy atom. The Labute approximate surface area is 158 Å². The number of aromatic nitrogens is 2. The third-order valence-corrected chi connectivity index (χ3v) is 5.22. The minimum absolute atomic E-state index is 0.131. The lowest BCUT2D eigenvalue weighted by molar-refractivity contribution is -0.384. The fraction of sp³-hybridized carbons (Fsp3) is 0.286. The molecule has 0 amide bonds. The topological polar surface area (TPSA) is 73.0 Å². The van der Waals surface area contributed by atoms with Crippen molar-refractivity contribution in [3.63, 3.8) is 0 Å². The van der Waals surface area contributed by atoms with E-state index in [0.29, 0.717) is 11.6 Å². The molecule has 2 aromatic carbocycles. The van der Waals surface area contributed by atoms with E-state index >= 15 is 0 Å². The summed E-state index contributed by atoms with van der Waals surface area (Å²) < 4.78 is 1.89. The number of nitro benzene ring substituents is 1. The van der Waals surface area contributed by atoms with Crippen molar-refractivity contribution in [1.82, 2.24) is 9.55 Å². The van der Waals surface area contributed by atoms with Gasteiger partial charge in [-0.15, -0.1) is 0 Å². The van der Waals surface area contributed by atoms with Gasteiger partial charge in [-0.05, 0) is 48.6 Å². The maximum Gasteiger partial charge on any atom is 0.292 e. The molecule has 0 aliphatic heterocycles. The van der Waals surface area contributed by atoms with Crippen LogP contribution in [-0.2, 0) is 0 Å². The second-order valence-electron chi connectivity index (χ2n) is 7.01. The minimum Gasteiger partial charge on any atom is -0.350 e. The molecule has 1 fully saturated rings. The molecule has 1 N–H and O–H groups in total. The lowest BCUT2D eigenvalue weighted by atomic mass is 9.84. The molecule has 0 saturated heterocycles. The van der Waals surface area contributed by atoms with Crippen molar-refractivity contribution in [3.8, 4) is 5.69 Å². The number of rotatable bonds is 5. The van der Waals surface area contributed by atoms with Gasteiger partial charge in [-0.1, -0.05) is 31.4 Å². The van der Waals surface area contributed by atoms with Crippen molar-refractivity contribution in [2.24, 2.45) is 0 Å². The Hall–Kier alpha value is -3.15. The summed E-state index contributed by atoms with van der Waals surface area (Å²) in [6.45, 7) is 0. The molecule has 0 spiro atoms. The van der Waals surface area contributed by atoms with Gasteiger partial charge in [0.15, 0.2) is 0 Å². The third kappa shape index (κ3) is 3.84. The zero-order valence-corrected chi connectivity index (χ0v) is 15.0. The predicted molar refractivity (Wildman–Crippen MR) is 106 cm³/mol. The van der Waals surface area contributed by atoms with Gasteiger partial charge >= 0.3 is 0 Å². The number of imidazole rings is 1. The Kier molecular flexibility index (Phi) is 4.87. The van der Waals surface area contributed by atoms with Gasteiger partial charge in [-0.3, -0.25) is 10.1 Å². The van der Waals surface area contributed by atoms with Gasteiger partial charge in [0.25, 0.3) is 5.69 Å². The average molecular weight is 362 g/mol. The third-order valence-electron chi connectivity index (χ3n) is 5.22. The standard InChI is InChI=1S/C21H22N4O2/c26-25(27)21-13-17(16-5-2-1-3-6-16)9-10-20(21)23-18-7-4-8-19(14-18)24-12-11-22-15-24/h4,7-16,23H,1-3,5-6H2. The highest BCUT2D eigenvalue weighted by atomic mass is 16.6. The highest BCUT2D eigenvalue weighted by Gasteiger charge is 2.21. The number of hydrogen-bond donors (Lipinski definition) is 1. The molecule has 4 rings (SSSR count). The summed E-state index contributed by atoms with van der Waals surface area (Å²) in [5.41, 5.74) is 3.47. The molecule has 1 aromatic heterocycles. The van der Waals surface area contributed by atoms with Gasteiger partial charge in [0.2, 0.25) is 0 Å². The predicted octanol–water partition coefficient (Wildman–Crippen LogP) is 5.57. The van der Waals surface area contributed by atoms with Crippen LogP contribution in [0, 0.1) is 10.1 Å². The van der Waals surface area contributed by atoms with Gasteiger partial charge in [0.1, 0.15) is 5.69 Å². The SMILES string of the molecule is O=[N+]([O-])c1cc(C2CCCCC2)ccc1Nc1cccc(-n2ccnc2)c1. The fourth-order valence-corrected chi connectivity index (χ4v) is 3.81. The first kappa shape index (κ1) is 17.3. The minimum atomic E-state index is -0.297.